The van der Waals surface area contributed by atoms with E-state index in [0.717, 1.165) is 5.56 Å². The Labute approximate surface area is 174 Å². The Hall–Kier alpha value is -2.23. The molecule has 0 aliphatic carbocycles. The van der Waals surface area contributed by atoms with Crippen molar-refractivity contribution in [3.8, 4) is 0 Å². The predicted molar refractivity (Wildman–Crippen MR) is 114 cm³/mol. The average molecular weight is 488 g/mol. The topological polar surface area (TPSA) is 65.5 Å². The van der Waals surface area contributed by atoms with Gasteiger partial charge in [0.1, 0.15) is 11.6 Å². The maximum absolute atomic E-state index is 13.6. The van der Waals surface area contributed by atoms with Gasteiger partial charge >= 0.3 is 0 Å². The first kappa shape index (κ1) is 22.8. The van der Waals surface area contributed by atoms with Crippen molar-refractivity contribution >= 4 is 41.5 Å². The molecule has 0 saturated heterocycles. The van der Waals surface area contributed by atoms with E-state index >= 15 is 0 Å². The number of aliphatic imine (C=N–C) groups is 1. The van der Waals surface area contributed by atoms with Gasteiger partial charge in [-0.3, -0.25) is 4.79 Å². The smallest absolute Gasteiger partial charge is 0.243 e. The number of amides is 1. The summed E-state index contributed by atoms with van der Waals surface area (Å²) in [6, 6.07) is 10.6. The molecule has 0 spiro atoms. The molecule has 0 fully saturated rings. The van der Waals surface area contributed by atoms with Crippen LogP contribution in [0, 0.1) is 18.6 Å². The molecule has 0 aromatic heterocycles. The molecule has 8 heteroatoms. The van der Waals surface area contributed by atoms with Gasteiger partial charge in [0.2, 0.25) is 5.91 Å². The van der Waals surface area contributed by atoms with Crippen molar-refractivity contribution < 1.29 is 13.6 Å². The van der Waals surface area contributed by atoms with Crippen molar-refractivity contribution in [2.75, 3.05) is 18.4 Å². The van der Waals surface area contributed by atoms with Crippen molar-refractivity contribution in [3.05, 3.63) is 65.2 Å². The molecule has 0 aliphatic rings. The van der Waals surface area contributed by atoms with E-state index in [4.69, 9.17) is 0 Å². The van der Waals surface area contributed by atoms with Crippen molar-refractivity contribution in [3.63, 3.8) is 0 Å². The lowest BCUT2D eigenvalue weighted by Crippen LogP contribution is -2.41. The fourth-order valence-electron chi connectivity index (χ4n) is 2.18. The van der Waals surface area contributed by atoms with Crippen LogP contribution in [0.25, 0.3) is 0 Å². The van der Waals surface area contributed by atoms with E-state index < -0.39 is 5.82 Å². The standard InChI is InChI=1S/C19H22F2N4O.HI/c1-3-22-19(23-11-14-8-7-13(2)17(21)9-14)24-12-18(26)25-16-6-4-5-15(20)10-16;/h4-10H,3,11-12H2,1-2H3,(H,25,26)(H2,22,23,24);1H. The SMILES string of the molecule is CCNC(=NCc1ccc(C)c(F)c1)NCC(=O)Nc1cccc(F)c1.I. The number of carbonyl (C=O) groups is 1. The quantitative estimate of drug-likeness (QED) is 0.331. The first-order chi connectivity index (χ1) is 12.5. The van der Waals surface area contributed by atoms with Gasteiger partial charge in [-0.05, 0) is 49.2 Å². The average Bonchev–Trinajstić information content (AvgIpc) is 2.60. The van der Waals surface area contributed by atoms with E-state index in [1.165, 1.54) is 24.3 Å². The van der Waals surface area contributed by atoms with Crippen LogP contribution >= 0.6 is 24.0 Å². The summed E-state index contributed by atoms with van der Waals surface area (Å²) in [5.41, 5.74) is 1.69. The zero-order chi connectivity index (χ0) is 18.9. The number of hydrogen-bond acceptors (Lipinski definition) is 2. The van der Waals surface area contributed by atoms with Crippen LogP contribution in [-0.4, -0.2) is 25.0 Å². The number of anilines is 1. The third-order valence-corrected chi connectivity index (χ3v) is 3.52. The molecule has 0 radical (unpaired) electrons. The summed E-state index contributed by atoms with van der Waals surface area (Å²) in [6.07, 6.45) is 0. The van der Waals surface area contributed by atoms with Crippen LogP contribution in [0.4, 0.5) is 14.5 Å². The van der Waals surface area contributed by atoms with Crippen molar-refractivity contribution in [1.82, 2.24) is 10.6 Å². The molecule has 2 rings (SSSR count). The summed E-state index contributed by atoms with van der Waals surface area (Å²) in [5, 5.41) is 8.50. The Morgan fingerprint density at radius 2 is 1.89 bits per heavy atom. The first-order valence-corrected chi connectivity index (χ1v) is 8.30. The van der Waals surface area contributed by atoms with Gasteiger partial charge in [0.15, 0.2) is 5.96 Å². The Kier molecular flexibility index (Phi) is 9.70. The zero-order valence-corrected chi connectivity index (χ0v) is 17.5. The van der Waals surface area contributed by atoms with Crippen LogP contribution in [-0.2, 0) is 11.3 Å². The number of nitrogens with zero attached hydrogens (tertiary/aromatic N) is 1. The summed E-state index contributed by atoms with van der Waals surface area (Å²) in [4.78, 5) is 16.3. The lowest BCUT2D eigenvalue weighted by Gasteiger charge is -2.12. The monoisotopic (exact) mass is 488 g/mol. The Balaban J connectivity index is 0.00000364. The number of aryl methyl sites for hydroxylation is 1. The summed E-state index contributed by atoms with van der Waals surface area (Å²) in [6.45, 7) is 4.45. The van der Waals surface area contributed by atoms with Gasteiger partial charge in [0.05, 0.1) is 13.1 Å². The molecule has 2 aromatic carbocycles. The Morgan fingerprint density at radius 1 is 1.11 bits per heavy atom. The van der Waals surface area contributed by atoms with Gasteiger partial charge in [-0.15, -0.1) is 24.0 Å². The number of carbonyl (C=O) groups excluding carboxylic acids is 1. The minimum absolute atomic E-state index is 0. The molecule has 2 aromatic rings. The van der Waals surface area contributed by atoms with E-state index in [9.17, 15) is 13.6 Å². The molecule has 0 bridgehead atoms. The Bertz CT molecular complexity index is 799. The number of benzene rings is 2. The summed E-state index contributed by atoms with van der Waals surface area (Å²) in [5.74, 6) is -0.591. The minimum atomic E-state index is -0.420. The maximum atomic E-state index is 13.6. The summed E-state index contributed by atoms with van der Waals surface area (Å²) >= 11 is 0. The molecule has 0 saturated carbocycles. The van der Waals surface area contributed by atoms with Crippen LogP contribution in [0.2, 0.25) is 0 Å². The molecule has 0 unspecified atom stereocenters. The maximum Gasteiger partial charge on any atom is 0.243 e. The van der Waals surface area contributed by atoms with Gasteiger partial charge in [0.25, 0.3) is 0 Å². The second kappa shape index (κ2) is 11.5. The first-order valence-electron chi connectivity index (χ1n) is 8.30. The highest BCUT2D eigenvalue weighted by Crippen LogP contribution is 2.10. The molecule has 1 amide bonds. The Morgan fingerprint density at radius 3 is 2.56 bits per heavy atom. The second-order valence-electron chi connectivity index (χ2n) is 5.69. The van der Waals surface area contributed by atoms with E-state index in [1.54, 1.807) is 19.1 Å². The van der Waals surface area contributed by atoms with Crippen LogP contribution < -0.4 is 16.0 Å². The highest BCUT2D eigenvalue weighted by atomic mass is 127. The van der Waals surface area contributed by atoms with E-state index in [0.29, 0.717) is 23.8 Å². The second-order valence-corrected chi connectivity index (χ2v) is 5.69. The molecule has 27 heavy (non-hydrogen) atoms. The number of halogens is 3. The number of guanidine groups is 1. The highest BCUT2D eigenvalue weighted by molar-refractivity contribution is 14.0. The molecule has 0 heterocycles. The fraction of sp³-hybridized carbons (Fsp3) is 0.263. The molecule has 146 valence electrons. The molecule has 5 nitrogen and oxygen atoms in total. The van der Waals surface area contributed by atoms with E-state index in [-0.39, 0.29) is 48.8 Å². The van der Waals surface area contributed by atoms with Crippen LogP contribution in [0.3, 0.4) is 0 Å². The molecule has 0 aliphatic heterocycles. The predicted octanol–water partition coefficient (Wildman–Crippen LogP) is 3.59. The lowest BCUT2D eigenvalue weighted by atomic mass is 10.1. The number of hydrogen-bond donors (Lipinski definition) is 3. The minimum Gasteiger partial charge on any atom is -0.357 e. The third kappa shape index (κ3) is 7.90. The zero-order valence-electron chi connectivity index (χ0n) is 15.2. The molecular weight excluding hydrogens is 465 g/mol. The number of nitrogens with one attached hydrogen (secondary N) is 3. The van der Waals surface area contributed by atoms with Gasteiger partial charge in [-0.2, -0.15) is 0 Å². The van der Waals surface area contributed by atoms with Crippen LogP contribution in [0.5, 0.6) is 0 Å². The summed E-state index contributed by atoms with van der Waals surface area (Å²) < 4.78 is 26.7. The highest BCUT2D eigenvalue weighted by Gasteiger charge is 2.05. The molecular formula is C19H23F2IN4O. The lowest BCUT2D eigenvalue weighted by molar-refractivity contribution is -0.115. The molecule has 0 atom stereocenters. The van der Waals surface area contributed by atoms with Gasteiger partial charge in [-0.1, -0.05) is 18.2 Å². The van der Waals surface area contributed by atoms with Crippen molar-refractivity contribution in [2.24, 2.45) is 4.99 Å². The van der Waals surface area contributed by atoms with Gasteiger partial charge in [-0.25, -0.2) is 13.8 Å². The normalized spacial score (nSPS) is 10.7. The van der Waals surface area contributed by atoms with Crippen molar-refractivity contribution in [2.45, 2.75) is 20.4 Å². The largest absolute Gasteiger partial charge is 0.357 e. The van der Waals surface area contributed by atoms with Gasteiger partial charge in [0, 0.05) is 12.2 Å². The number of rotatable bonds is 6. The summed E-state index contributed by atoms with van der Waals surface area (Å²) in [7, 11) is 0. The van der Waals surface area contributed by atoms with Gasteiger partial charge < -0.3 is 16.0 Å². The van der Waals surface area contributed by atoms with E-state index in [1.807, 2.05) is 13.0 Å². The third-order valence-electron chi connectivity index (χ3n) is 3.52. The van der Waals surface area contributed by atoms with E-state index in [2.05, 4.69) is 20.9 Å². The van der Waals surface area contributed by atoms with Crippen LogP contribution in [0.15, 0.2) is 47.5 Å². The van der Waals surface area contributed by atoms with Crippen LogP contribution in [0.1, 0.15) is 18.1 Å². The fourth-order valence-corrected chi connectivity index (χ4v) is 2.18. The van der Waals surface area contributed by atoms with Crippen molar-refractivity contribution in [1.29, 1.82) is 0 Å². The molecule has 3 N–H and O–H groups in total.